The van der Waals surface area contributed by atoms with Crippen LogP contribution in [0.2, 0.25) is 0 Å². The molecule has 0 radical (unpaired) electrons. The van der Waals surface area contributed by atoms with Crippen molar-refractivity contribution < 1.29 is 24.2 Å². The van der Waals surface area contributed by atoms with Crippen molar-refractivity contribution in [1.29, 1.82) is 0 Å². The summed E-state index contributed by atoms with van der Waals surface area (Å²) in [7, 11) is 1.46. The maximum atomic E-state index is 12.8. The van der Waals surface area contributed by atoms with Crippen LogP contribution in [0.3, 0.4) is 0 Å². The molecule has 1 heterocycles. The lowest BCUT2D eigenvalue weighted by Crippen LogP contribution is -2.32. The largest absolute Gasteiger partial charge is 0.504 e. The number of methoxy groups -OCH3 is 1. The molecule has 0 bridgehead atoms. The fraction of sp³-hybridized carbons (Fsp3) is 0.304. The number of phenols is 1. The van der Waals surface area contributed by atoms with Crippen LogP contribution in [-0.4, -0.2) is 41.4 Å². The zero-order chi connectivity index (χ0) is 22.7. The van der Waals surface area contributed by atoms with Gasteiger partial charge in [-0.15, -0.1) is 0 Å². The predicted octanol–water partition coefficient (Wildman–Crippen LogP) is 5.55. The summed E-state index contributed by atoms with van der Waals surface area (Å²) < 4.78 is 11.7. The average Bonchev–Trinajstić information content (AvgIpc) is 2.97. The number of aromatic hydroxyl groups is 1. The van der Waals surface area contributed by atoms with Gasteiger partial charge in [-0.2, -0.15) is 0 Å². The number of carbonyl (C=O) groups excluding carboxylic acids is 2. The van der Waals surface area contributed by atoms with Crippen LogP contribution in [0.1, 0.15) is 36.5 Å². The van der Waals surface area contributed by atoms with Gasteiger partial charge in [-0.3, -0.25) is 14.5 Å². The van der Waals surface area contributed by atoms with Crippen LogP contribution >= 0.6 is 34.4 Å². The highest BCUT2D eigenvalue weighted by Crippen LogP contribution is 2.36. The third-order valence-corrected chi connectivity index (χ3v) is 6.54. The van der Waals surface area contributed by atoms with Gasteiger partial charge < -0.3 is 14.6 Å². The zero-order valence-corrected chi connectivity index (χ0v) is 20.7. The SMILES string of the molecule is COc1cc(/C=C2\SC(=O)N(CCOc3cc(C)ccc3C(C)C)C2=O)cc(I)c1O. The summed E-state index contributed by atoms with van der Waals surface area (Å²) in [6, 6.07) is 9.41. The Morgan fingerprint density at radius 1 is 1.19 bits per heavy atom. The second kappa shape index (κ2) is 9.95. The zero-order valence-electron chi connectivity index (χ0n) is 17.8. The van der Waals surface area contributed by atoms with Crippen LogP contribution in [0, 0.1) is 10.5 Å². The molecule has 0 aliphatic carbocycles. The second-order valence-electron chi connectivity index (χ2n) is 7.43. The molecular weight excluding hydrogens is 529 g/mol. The predicted molar refractivity (Wildman–Crippen MR) is 131 cm³/mol. The smallest absolute Gasteiger partial charge is 0.293 e. The first-order valence-electron chi connectivity index (χ1n) is 9.76. The third kappa shape index (κ3) is 5.35. The van der Waals surface area contributed by atoms with E-state index in [0.717, 1.165) is 28.6 Å². The van der Waals surface area contributed by atoms with E-state index in [9.17, 15) is 14.7 Å². The van der Waals surface area contributed by atoms with E-state index in [-0.39, 0.29) is 30.0 Å². The minimum atomic E-state index is -0.353. The quantitative estimate of drug-likeness (QED) is 0.358. The first kappa shape index (κ1) is 23.5. The van der Waals surface area contributed by atoms with Crippen molar-refractivity contribution in [3.05, 3.63) is 55.5 Å². The van der Waals surface area contributed by atoms with E-state index in [2.05, 4.69) is 13.8 Å². The lowest BCUT2D eigenvalue weighted by molar-refractivity contribution is -0.123. The van der Waals surface area contributed by atoms with E-state index < -0.39 is 0 Å². The number of phenolic OH excluding ortho intramolecular Hbond substituents is 1. The lowest BCUT2D eigenvalue weighted by atomic mass is 10.0. The Bertz CT molecular complexity index is 1050. The standard InChI is InChI=1S/C23H24INO5S/c1-13(2)16-6-5-14(3)9-18(16)30-8-7-25-22(27)20(31-23(25)28)12-15-10-17(24)21(26)19(11-15)29-4/h5-6,9-13,26H,7-8H2,1-4H3/b20-12-. The van der Waals surface area contributed by atoms with Gasteiger partial charge >= 0.3 is 0 Å². The molecule has 1 saturated heterocycles. The molecule has 2 aromatic rings. The molecule has 0 unspecified atom stereocenters. The summed E-state index contributed by atoms with van der Waals surface area (Å²) in [5, 5.41) is 9.65. The summed E-state index contributed by atoms with van der Waals surface area (Å²) in [5.74, 6) is 1.09. The highest BCUT2D eigenvalue weighted by Gasteiger charge is 2.35. The van der Waals surface area contributed by atoms with Crippen LogP contribution in [-0.2, 0) is 4.79 Å². The number of benzene rings is 2. The summed E-state index contributed by atoms with van der Waals surface area (Å²) in [6.45, 7) is 6.58. The Morgan fingerprint density at radius 2 is 1.94 bits per heavy atom. The van der Waals surface area contributed by atoms with Gasteiger partial charge in [-0.25, -0.2) is 0 Å². The van der Waals surface area contributed by atoms with Gasteiger partial charge in [-0.05, 0) is 88.2 Å². The minimum Gasteiger partial charge on any atom is -0.504 e. The molecule has 8 heteroatoms. The van der Waals surface area contributed by atoms with Gasteiger partial charge in [0.1, 0.15) is 12.4 Å². The van der Waals surface area contributed by atoms with E-state index in [1.165, 1.54) is 12.0 Å². The van der Waals surface area contributed by atoms with Crippen LogP contribution < -0.4 is 9.47 Å². The fourth-order valence-electron chi connectivity index (χ4n) is 3.17. The molecule has 1 aliphatic rings. The highest BCUT2D eigenvalue weighted by molar-refractivity contribution is 14.1. The van der Waals surface area contributed by atoms with Crippen molar-refractivity contribution in [3.63, 3.8) is 0 Å². The topological polar surface area (TPSA) is 76.1 Å². The van der Waals surface area contributed by atoms with Crippen molar-refractivity contribution in [3.8, 4) is 17.2 Å². The summed E-state index contributed by atoms with van der Waals surface area (Å²) in [6.07, 6.45) is 1.63. The second-order valence-corrected chi connectivity index (χ2v) is 9.59. The van der Waals surface area contributed by atoms with Crippen molar-refractivity contribution in [2.24, 2.45) is 0 Å². The van der Waals surface area contributed by atoms with Crippen LogP contribution in [0.25, 0.3) is 6.08 Å². The molecule has 1 N–H and O–H groups in total. The molecule has 31 heavy (non-hydrogen) atoms. The van der Waals surface area contributed by atoms with E-state index in [1.54, 1.807) is 18.2 Å². The molecule has 6 nitrogen and oxygen atoms in total. The van der Waals surface area contributed by atoms with Gasteiger partial charge in [-0.1, -0.05) is 26.0 Å². The number of nitrogens with zero attached hydrogens (tertiary/aromatic N) is 1. The molecule has 3 rings (SSSR count). The summed E-state index contributed by atoms with van der Waals surface area (Å²) in [5.41, 5.74) is 2.85. The van der Waals surface area contributed by atoms with Crippen molar-refractivity contribution in [2.75, 3.05) is 20.3 Å². The molecule has 2 aromatic carbocycles. The maximum Gasteiger partial charge on any atom is 0.293 e. The first-order chi connectivity index (χ1) is 14.7. The lowest BCUT2D eigenvalue weighted by Gasteiger charge is -2.17. The molecule has 0 saturated carbocycles. The number of amides is 2. The van der Waals surface area contributed by atoms with Gasteiger partial charge in [0.25, 0.3) is 11.1 Å². The molecule has 0 spiro atoms. The van der Waals surface area contributed by atoms with Crippen LogP contribution in [0.15, 0.2) is 35.2 Å². The van der Waals surface area contributed by atoms with E-state index >= 15 is 0 Å². The molecule has 0 aromatic heterocycles. The third-order valence-electron chi connectivity index (χ3n) is 4.81. The Balaban J connectivity index is 1.71. The Morgan fingerprint density at radius 3 is 2.61 bits per heavy atom. The van der Waals surface area contributed by atoms with E-state index in [1.807, 2.05) is 47.7 Å². The van der Waals surface area contributed by atoms with Gasteiger partial charge in [0.15, 0.2) is 11.5 Å². The maximum absolute atomic E-state index is 12.8. The highest BCUT2D eigenvalue weighted by atomic mass is 127. The van der Waals surface area contributed by atoms with Crippen molar-refractivity contribution >= 4 is 51.6 Å². The fourth-order valence-corrected chi connectivity index (χ4v) is 4.66. The van der Waals surface area contributed by atoms with Crippen molar-refractivity contribution in [1.82, 2.24) is 4.90 Å². The number of halogens is 1. The Hall–Kier alpha value is -2.20. The molecule has 1 fully saturated rings. The summed E-state index contributed by atoms with van der Waals surface area (Å²) >= 11 is 2.88. The number of aryl methyl sites for hydroxylation is 1. The van der Waals surface area contributed by atoms with Gasteiger partial charge in [0.2, 0.25) is 0 Å². The van der Waals surface area contributed by atoms with E-state index in [4.69, 9.17) is 9.47 Å². The van der Waals surface area contributed by atoms with Crippen LogP contribution in [0.4, 0.5) is 4.79 Å². The van der Waals surface area contributed by atoms with Crippen molar-refractivity contribution in [2.45, 2.75) is 26.7 Å². The monoisotopic (exact) mass is 553 g/mol. The Kier molecular flexibility index (Phi) is 7.53. The minimum absolute atomic E-state index is 0.0439. The number of ether oxygens (including phenoxy) is 2. The number of thioether (sulfide) groups is 1. The van der Waals surface area contributed by atoms with Gasteiger partial charge in [0, 0.05) is 0 Å². The number of carbonyl (C=O) groups is 2. The molecule has 0 atom stereocenters. The molecule has 1 aliphatic heterocycles. The molecular formula is C23H24INO5S. The number of hydrogen-bond acceptors (Lipinski definition) is 6. The number of hydrogen-bond donors (Lipinski definition) is 1. The molecule has 164 valence electrons. The Labute approximate surface area is 199 Å². The van der Waals surface area contributed by atoms with E-state index in [0.29, 0.717) is 25.7 Å². The average molecular weight is 553 g/mol. The number of imide groups is 1. The normalized spacial score (nSPS) is 15.3. The number of rotatable bonds is 7. The summed E-state index contributed by atoms with van der Waals surface area (Å²) in [4.78, 5) is 26.7. The van der Waals surface area contributed by atoms with Gasteiger partial charge in [0.05, 0.1) is 22.1 Å². The van der Waals surface area contributed by atoms with Crippen LogP contribution in [0.5, 0.6) is 17.2 Å². The first-order valence-corrected chi connectivity index (χ1v) is 11.7. The molecule has 2 amide bonds.